The highest BCUT2D eigenvalue weighted by Crippen LogP contribution is 2.24. The highest BCUT2D eigenvalue weighted by atomic mass is 15.1. The largest absolute Gasteiger partial charge is 0.372 e. The lowest BCUT2D eigenvalue weighted by Crippen LogP contribution is -2.17. The van der Waals surface area contributed by atoms with E-state index in [0.717, 1.165) is 5.69 Å². The molecular weight excluding hydrogens is 268 g/mol. The lowest BCUT2D eigenvalue weighted by atomic mass is 10.1. The smallest absolute Gasteiger partial charge is 0.0661 e. The van der Waals surface area contributed by atoms with Gasteiger partial charge in [-0.25, -0.2) is 0 Å². The van der Waals surface area contributed by atoms with Crippen LogP contribution in [0.15, 0.2) is 41.4 Å². The molecule has 3 rings (SSSR count). The van der Waals surface area contributed by atoms with Gasteiger partial charge in [0.15, 0.2) is 0 Å². The van der Waals surface area contributed by atoms with E-state index >= 15 is 0 Å². The molecule has 1 heterocycles. The van der Waals surface area contributed by atoms with E-state index in [1.165, 1.54) is 53.9 Å². The number of rotatable bonds is 3. The molecule has 0 radical (unpaired) electrons. The molecule has 0 unspecified atom stereocenters. The SMILES string of the molecule is Cc1ccc(C)c(N=Cc2ccc(N3CCCC3)cc2C)c1. The number of benzene rings is 2. The van der Waals surface area contributed by atoms with Crippen molar-refractivity contribution in [1.29, 1.82) is 0 Å². The fraction of sp³-hybridized carbons (Fsp3) is 0.350. The molecule has 0 atom stereocenters. The van der Waals surface area contributed by atoms with Crippen molar-refractivity contribution in [3.63, 3.8) is 0 Å². The van der Waals surface area contributed by atoms with Crippen molar-refractivity contribution in [2.45, 2.75) is 33.6 Å². The van der Waals surface area contributed by atoms with Gasteiger partial charge in [-0.15, -0.1) is 0 Å². The molecule has 2 nitrogen and oxygen atoms in total. The predicted octanol–water partition coefficient (Wildman–Crippen LogP) is 4.96. The van der Waals surface area contributed by atoms with Crippen molar-refractivity contribution in [1.82, 2.24) is 0 Å². The minimum absolute atomic E-state index is 1.06. The Kier molecular flexibility index (Phi) is 4.28. The third kappa shape index (κ3) is 3.22. The summed E-state index contributed by atoms with van der Waals surface area (Å²) in [5, 5.41) is 0. The second kappa shape index (κ2) is 6.35. The van der Waals surface area contributed by atoms with Crippen LogP contribution in [0.4, 0.5) is 11.4 Å². The van der Waals surface area contributed by atoms with Crippen LogP contribution >= 0.6 is 0 Å². The number of hydrogen-bond acceptors (Lipinski definition) is 2. The zero-order valence-corrected chi connectivity index (χ0v) is 13.8. The summed E-state index contributed by atoms with van der Waals surface area (Å²) in [5.41, 5.74) is 7.36. The van der Waals surface area contributed by atoms with Gasteiger partial charge in [-0.1, -0.05) is 18.2 Å². The maximum atomic E-state index is 4.69. The molecule has 0 aromatic heterocycles. The van der Waals surface area contributed by atoms with Crippen molar-refractivity contribution in [3.8, 4) is 0 Å². The van der Waals surface area contributed by atoms with Crippen LogP contribution in [0, 0.1) is 20.8 Å². The lowest BCUT2D eigenvalue weighted by Gasteiger charge is -2.18. The number of hydrogen-bond donors (Lipinski definition) is 0. The summed E-state index contributed by atoms with van der Waals surface area (Å²) < 4.78 is 0. The van der Waals surface area contributed by atoms with Gasteiger partial charge in [0.05, 0.1) is 5.69 Å². The molecule has 1 fully saturated rings. The van der Waals surface area contributed by atoms with Gasteiger partial charge in [0, 0.05) is 25.0 Å². The van der Waals surface area contributed by atoms with Crippen LogP contribution in [0.1, 0.15) is 35.1 Å². The zero-order chi connectivity index (χ0) is 15.5. The van der Waals surface area contributed by atoms with Crippen LogP contribution in [0.25, 0.3) is 0 Å². The van der Waals surface area contributed by atoms with Crippen LogP contribution in [-0.4, -0.2) is 19.3 Å². The monoisotopic (exact) mass is 292 g/mol. The van der Waals surface area contributed by atoms with E-state index in [0.29, 0.717) is 0 Å². The molecule has 0 saturated carbocycles. The van der Waals surface area contributed by atoms with Crippen molar-refractivity contribution in [2.75, 3.05) is 18.0 Å². The van der Waals surface area contributed by atoms with Crippen molar-refractivity contribution in [3.05, 3.63) is 58.7 Å². The average molecular weight is 292 g/mol. The number of anilines is 1. The van der Waals surface area contributed by atoms with Gasteiger partial charge in [0.2, 0.25) is 0 Å². The second-order valence-electron chi connectivity index (χ2n) is 6.28. The molecule has 2 heteroatoms. The minimum Gasteiger partial charge on any atom is -0.372 e. The Morgan fingerprint density at radius 3 is 2.41 bits per heavy atom. The Bertz CT molecular complexity index is 695. The highest BCUT2D eigenvalue weighted by Gasteiger charge is 2.12. The molecule has 22 heavy (non-hydrogen) atoms. The van der Waals surface area contributed by atoms with E-state index in [2.05, 4.69) is 67.1 Å². The van der Waals surface area contributed by atoms with E-state index in [1.54, 1.807) is 0 Å². The first-order valence-electron chi connectivity index (χ1n) is 8.10. The summed E-state index contributed by atoms with van der Waals surface area (Å²) in [6, 6.07) is 13.1. The summed E-state index contributed by atoms with van der Waals surface area (Å²) in [6.45, 7) is 8.76. The topological polar surface area (TPSA) is 15.6 Å². The van der Waals surface area contributed by atoms with Gasteiger partial charge in [0.1, 0.15) is 0 Å². The van der Waals surface area contributed by atoms with Crippen molar-refractivity contribution in [2.24, 2.45) is 4.99 Å². The predicted molar refractivity (Wildman–Crippen MR) is 95.8 cm³/mol. The molecule has 0 N–H and O–H groups in total. The quantitative estimate of drug-likeness (QED) is 0.730. The molecule has 114 valence electrons. The molecule has 1 aliphatic heterocycles. The summed E-state index contributed by atoms with van der Waals surface area (Å²) in [7, 11) is 0. The highest BCUT2D eigenvalue weighted by molar-refractivity contribution is 5.85. The normalized spacial score (nSPS) is 15.0. The Labute approximate surface area is 133 Å². The molecule has 0 amide bonds. The van der Waals surface area contributed by atoms with Crippen LogP contribution in [0.5, 0.6) is 0 Å². The summed E-state index contributed by atoms with van der Waals surface area (Å²) in [5.74, 6) is 0. The molecule has 1 aliphatic rings. The first-order chi connectivity index (χ1) is 10.6. The Balaban J connectivity index is 1.83. The minimum atomic E-state index is 1.06. The third-order valence-corrected chi connectivity index (χ3v) is 4.43. The van der Waals surface area contributed by atoms with Crippen LogP contribution in [0.3, 0.4) is 0 Å². The molecule has 0 spiro atoms. The van der Waals surface area contributed by atoms with E-state index in [-0.39, 0.29) is 0 Å². The van der Waals surface area contributed by atoms with Gasteiger partial charge < -0.3 is 4.90 Å². The van der Waals surface area contributed by atoms with Gasteiger partial charge >= 0.3 is 0 Å². The molecule has 2 aromatic carbocycles. The Hall–Kier alpha value is -2.09. The van der Waals surface area contributed by atoms with Gasteiger partial charge in [-0.05, 0) is 74.1 Å². The summed E-state index contributed by atoms with van der Waals surface area (Å²) in [6.07, 6.45) is 4.62. The van der Waals surface area contributed by atoms with E-state index < -0.39 is 0 Å². The summed E-state index contributed by atoms with van der Waals surface area (Å²) in [4.78, 5) is 7.16. The molecule has 0 aliphatic carbocycles. The maximum Gasteiger partial charge on any atom is 0.0661 e. The Morgan fingerprint density at radius 2 is 1.68 bits per heavy atom. The molecule has 1 saturated heterocycles. The van der Waals surface area contributed by atoms with Crippen LogP contribution < -0.4 is 4.90 Å². The first-order valence-corrected chi connectivity index (χ1v) is 8.10. The fourth-order valence-electron chi connectivity index (χ4n) is 2.97. The van der Waals surface area contributed by atoms with Crippen molar-refractivity contribution >= 4 is 17.6 Å². The van der Waals surface area contributed by atoms with E-state index in [9.17, 15) is 0 Å². The molecule has 2 aromatic rings. The standard InChI is InChI=1S/C20H24N2/c1-15-6-7-16(2)20(12-15)21-14-18-8-9-19(13-17(18)3)22-10-4-5-11-22/h6-9,12-14H,4-5,10-11H2,1-3H3. The van der Waals surface area contributed by atoms with Gasteiger partial charge in [0.25, 0.3) is 0 Å². The van der Waals surface area contributed by atoms with Gasteiger partial charge in [-0.2, -0.15) is 0 Å². The third-order valence-electron chi connectivity index (χ3n) is 4.43. The maximum absolute atomic E-state index is 4.69. The van der Waals surface area contributed by atoms with E-state index in [1.807, 2.05) is 6.21 Å². The zero-order valence-electron chi connectivity index (χ0n) is 13.8. The Morgan fingerprint density at radius 1 is 0.909 bits per heavy atom. The number of nitrogens with zero attached hydrogens (tertiary/aromatic N) is 2. The van der Waals surface area contributed by atoms with Crippen LogP contribution in [0.2, 0.25) is 0 Å². The molecular formula is C20H24N2. The summed E-state index contributed by atoms with van der Waals surface area (Å²) >= 11 is 0. The molecule has 0 bridgehead atoms. The second-order valence-corrected chi connectivity index (χ2v) is 6.28. The number of aryl methyl sites for hydroxylation is 3. The van der Waals surface area contributed by atoms with E-state index in [4.69, 9.17) is 0 Å². The van der Waals surface area contributed by atoms with Crippen LogP contribution in [-0.2, 0) is 0 Å². The fourth-order valence-corrected chi connectivity index (χ4v) is 2.97. The van der Waals surface area contributed by atoms with Crippen molar-refractivity contribution < 1.29 is 0 Å². The van der Waals surface area contributed by atoms with Gasteiger partial charge in [-0.3, -0.25) is 4.99 Å². The first kappa shape index (κ1) is 14.8. The number of aliphatic imine (C=N–C) groups is 1. The lowest BCUT2D eigenvalue weighted by molar-refractivity contribution is 0.949. The average Bonchev–Trinajstić information content (AvgIpc) is 3.03.